The van der Waals surface area contributed by atoms with Crippen LogP contribution in [0.25, 0.3) is 11.1 Å². The molecular weight excluding hydrogens is 436 g/mol. The highest BCUT2D eigenvalue weighted by molar-refractivity contribution is 5.93. The van der Waals surface area contributed by atoms with Crippen molar-refractivity contribution in [2.24, 2.45) is 0 Å². The maximum atomic E-state index is 13.5. The van der Waals surface area contributed by atoms with E-state index in [1.54, 1.807) is 0 Å². The molecule has 1 aliphatic carbocycles. The van der Waals surface area contributed by atoms with Gasteiger partial charge >= 0.3 is 12.1 Å². The van der Waals surface area contributed by atoms with E-state index in [4.69, 9.17) is 9.47 Å². The van der Waals surface area contributed by atoms with E-state index in [1.807, 2.05) is 36.4 Å². The molecule has 2 amide bonds. The van der Waals surface area contributed by atoms with Crippen LogP contribution in [0.15, 0.2) is 48.5 Å². The number of aliphatic carboxylic acids is 1. The number of hydrogen-bond acceptors (Lipinski definition) is 5. The molecule has 0 saturated carbocycles. The molecule has 2 heterocycles. The molecule has 0 bridgehead atoms. The fourth-order valence-electron chi connectivity index (χ4n) is 5.48. The quantitative estimate of drug-likeness (QED) is 0.704. The first-order chi connectivity index (χ1) is 16.5. The van der Waals surface area contributed by atoms with E-state index in [-0.39, 0.29) is 31.3 Å². The fraction of sp³-hybridized carbons (Fsp3) is 0.423. The Labute approximate surface area is 197 Å². The van der Waals surface area contributed by atoms with Crippen molar-refractivity contribution in [3.8, 4) is 11.1 Å². The molecule has 0 unspecified atom stereocenters. The molecule has 2 N–H and O–H groups in total. The number of carbonyl (C=O) groups excluding carboxylic acids is 2. The Morgan fingerprint density at radius 3 is 2.26 bits per heavy atom. The normalized spacial score (nSPS) is 20.9. The van der Waals surface area contributed by atoms with E-state index in [0.717, 1.165) is 22.3 Å². The van der Waals surface area contributed by atoms with Gasteiger partial charge in [0.25, 0.3) is 0 Å². The summed E-state index contributed by atoms with van der Waals surface area (Å²) in [6, 6.07) is 15.3. The first kappa shape index (κ1) is 22.4. The first-order valence-electron chi connectivity index (χ1n) is 11.7. The van der Waals surface area contributed by atoms with Crippen LogP contribution in [0, 0.1) is 0 Å². The van der Waals surface area contributed by atoms with Crippen LogP contribution in [0.2, 0.25) is 0 Å². The average molecular weight is 465 g/mol. The molecule has 2 aliphatic heterocycles. The van der Waals surface area contributed by atoms with Crippen molar-refractivity contribution in [1.82, 2.24) is 10.2 Å². The Bertz CT molecular complexity index is 1060. The third-order valence-electron chi connectivity index (χ3n) is 7.24. The van der Waals surface area contributed by atoms with Gasteiger partial charge in [0.2, 0.25) is 5.91 Å². The lowest BCUT2D eigenvalue weighted by molar-refractivity contribution is -0.153. The Kier molecular flexibility index (Phi) is 6.00. The minimum atomic E-state index is -1.22. The zero-order valence-corrected chi connectivity index (χ0v) is 18.9. The van der Waals surface area contributed by atoms with Crippen LogP contribution in [-0.4, -0.2) is 65.9 Å². The van der Waals surface area contributed by atoms with Crippen molar-refractivity contribution in [2.75, 3.05) is 26.4 Å². The molecular formula is C26H28N2O6. The van der Waals surface area contributed by atoms with E-state index >= 15 is 0 Å². The standard InChI is InChI=1S/C26H28N2O6/c29-23(30)22-10-5-13-28(22)24(31)26(11-14-33-15-12-26)27-25(32)34-16-21-19-8-3-1-6-17(19)18-7-2-4-9-20(18)21/h1-4,6-9,21-22H,5,10-16H2,(H,27,32)(H,29,30)/t22-/m1/s1. The van der Waals surface area contributed by atoms with Gasteiger partial charge in [-0.3, -0.25) is 4.79 Å². The molecule has 3 aliphatic rings. The number of amides is 2. The SMILES string of the molecule is O=C(NC1(C(=O)N2CCC[C@@H]2C(=O)O)CCOCC1)OCC1c2ccccc2-c2ccccc21. The third kappa shape index (κ3) is 3.92. The van der Waals surface area contributed by atoms with Crippen molar-refractivity contribution in [3.05, 3.63) is 59.7 Å². The summed E-state index contributed by atoms with van der Waals surface area (Å²) < 4.78 is 11.1. The van der Waals surface area contributed by atoms with E-state index in [0.29, 0.717) is 32.6 Å². The summed E-state index contributed by atoms with van der Waals surface area (Å²) in [5.41, 5.74) is 3.26. The molecule has 5 rings (SSSR count). The minimum absolute atomic E-state index is 0.0885. The number of nitrogens with one attached hydrogen (secondary N) is 1. The van der Waals surface area contributed by atoms with E-state index in [2.05, 4.69) is 17.4 Å². The molecule has 2 fully saturated rings. The lowest BCUT2D eigenvalue weighted by Crippen LogP contribution is -2.63. The van der Waals surface area contributed by atoms with Crippen molar-refractivity contribution >= 4 is 18.0 Å². The van der Waals surface area contributed by atoms with Crippen molar-refractivity contribution in [1.29, 1.82) is 0 Å². The molecule has 8 nitrogen and oxygen atoms in total. The topological polar surface area (TPSA) is 105 Å². The molecule has 8 heteroatoms. The third-order valence-corrected chi connectivity index (χ3v) is 7.24. The summed E-state index contributed by atoms with van der Waals surface area (Å²) in [7, 11) is 0. The summed E-state index contributed by atoms with van der Waals surface area (Å²) in [6.45, 7) is 1.12. The van der Waals surface area contributed by atoms with Crippen molar-refractivity contribution in [3.63, 3.8) is 0 Å². The van der Waals surface area contributed by atoms with Crippen LogP contribution >= 0.6 is 0 Å². The van der Waals surface area contributed by atoms with Gasteiger partial charge in [-0.15, -0.1) is 0 Å². The number of fused-ring (bicyclic) bond motifs is 3. The second-order valence-corrected chi connectivity index (χ2v) is 9.14. The van der Waals surface area contributed by atoms with Crippen LogP contribution in [0.4, 0.5) is 4.79 Å². The van der Waals surface area contributed by atoms with Crippen LogP contribution in [0.5, 0.6) is 0 Å². The number of likely N-dealkylation sites (tertiary alicyclic amines) is 1. The van der Waals surface area contributed by atoms with E-state index in [1.165, 1.54) is 4.90 Å². The second-order valence-electron chi connectivity index (χ2n) is 9.14. The number of rotatable bonds is 5. The maximum absolute atomic E-state index is 13.5. The lowest BCUT2D eigenvalue weighted by Gasteiger charge is -2.39. The Morgan fingerprint density at radius 1 is 1.03 bits per heavy atom. The predicted octanol–water partition coefficient (Wildman–Crippen LogP) is 3.15. The van der Waals surface area contributed by atoms with Gasteiger partial charge in [-0.05, 0) is 35.1 Å². The van der Waals surface area contributed by atoms with E-state index < -0.39 is 23.6 Å². The highest BCUT2D eigenvalue weighted by Gasteiger charge is 2.48. The number of carboxylic acid groups (broad SMARTS) is 1. The number of carboxylic acids is 1. The molecule has 0 radical (unpaired) electrons. The molecule has 2 aromatic rings. The van der Waals surface area contributed by atoms with Gasteiger partial charge in [0.1, 0.15) is 18.2 Å². The summed E-state index contributed by atoms with van der Waals surface area (Å²) in [5, 5.41) is 12.3. The maximum Gasteiger partial charge on any atom is 0.408 e. The summed E-state index contributed by atoms with van der Waals surface area (Å²) in [6.07, 6.45) is 0.916. The predicted molar refractivity (Wildman–Crippen MR) is 123 cm³/mol. The number of carbonyl (C=O) groups is 3. The Morgan fingerprint density at radius 2 is 1.65 bits per heavy atom. The molecule has 34 heavy (non-hydrogen) atoms. The minimum Gasteiger partial charge on any atom is -0.480 e. The smallest absolute Gasteiger partial charge is 0.408 e. The van der Waals surface area contributed by atoms with Gasteiger partial charge in [0.15, 0.2) is 0 Å². The summed E-state index contributed by atoms with van der Waals surface area (Å²) in [4.78, 5) is 39.5. The Balaban J connectivity index is 1.32. The largest absolute Gasteiger partial charge is 0.480 e. The van der Waals surface area contributed by atoms with Gasteiger partial charge < -0.3 is 24.8 Å². The van der Waals surface area contributed by atoms with Crippen LogP contribution < -0.4 is 5.32 Å². The summed E-state index contributed by atoms with van der Waals surface area (Å²) >= 11 is 0. The number of nitrogens with zero attached hydrogens (tertiary/aromatic N) is 1. The van der Waals surface area contributed by atoms with Gasteiger partial charge in [0, 0.05) is 38.5 Å². The molecule has 2 saturated heterocycles. The van der Waals surface area contributed by atoms with Crippen LogP contribution in [0.3, 0.4) is 0 Å². The average Bonchev–Trinajstić information content (AvgIpc) is 3.46. The number of hydrogen-bond donors (Lipinski definition) is 2. The molecule has 1 atom stereocenters. The van der Waals surface area contributed by atoms with Gasteiger partial charge in [-0.25, -0.2) is 9.59 Å². The molecule has 0 aromatic heterocycles. The lowest BCUT2D eigenvalue weighted by atomic mass is 9.88. The Hall–Kier alpha value is -3.39. The van der Waals surface area contributed by atoms with Crippen LogP contribution in [0.1, 0.15) is 42.7 Å². The zero-order chi connectivity index (χ0) is 23.7. The van der Waals surface area contributed by atoms with Gasteiger partial charge in [-0.2, -0.15) is 0 Å². The van der Waals surface area contributed by atoms with Crippen molar-refractivity contribution < 1.29 is 29.0 Å². The molecule has 2 aromatic carbocycles. The number of alkyl carbamates (subject to hydrolysis) is 1. The van der Waals surface area contributed by atoms with Crippen molar-refractivity contribution in [2.45, 2.75) is 43.2 Å². The monoisotopic (exact) mass is 464 g/mol. The van der Waals surface area contributed by atoms with Crippen LogP contribution in [-0.2, 0) is 19.1 Å². The van der Waals surface area contributed by atoms with E-state index in [9.17, 15) is 19.5 Å². The number of ether oxygens (including phenoxy) is 2. The highest BCUT2D eigenvalue weighted by atomic mass is 16.5. The van der Waals surface area contributed by atoms with Gasteiger partial charge in [0.05, 0.1) is 0 Å². The zero-order valence-electron chi connectivity index (χ0n) is 18.9. The fourth-order valence-corrected chi connectivity index (χ4v) is 5.48. The molecule has 178 valence electrons. The summed E-state index contributed by atoms with van der Waals surface area (Å²) in [5.74, 6) is -1.47. The molecule has 0 spiro atoms. The number of benzene rings is 2. The first-order valence-corrected chi connectivity index (χ1v) is 11.7. The second kappa shape index (κ2) is 9.10. The van der Waals surface area contributed by atoms with Gasteiger partial charge in [-0.1, -0.05) is 48.5 Å². The highest BCUT2D eigenvalue weighted by Crippen LogP contribution is 2.44.